The molecule has 0 spiro atoms. The standard InChI is InChI=1S/C10H15NO2/c1-2-8-3-4-10(9(11)7-8)13-6-5-12/h3-4,7,12H,2,5-6,11H2,1H3. The molecular formula is C10H15NO2. The molecule has 72 valence electrons. The van der Waals surface area contributed by atoms with E-state index in [9.17, 15) is 0 Å². The van der Waals surface area contributed by atoms with E-state index in [0.29, 0.717) is 11.4 Å². The molecule has 0 aliphatic carbocycles. The van der Waals surface area contributed by atoms with E-state index in [4.69, 9.17) is 15.6 Å². The molecule has 0 bridgehead atoms. The summed E-state index contributed by atoms with van der Waals surface area (Å²) in [6, 6.07) is 5.71. The van der Waals surface area contributed by atoms with E-state index in [1.165, 1.54) is 5.56 Å². The normalized spacial score (nSPS) is 10.0. The number of aryl methyl sites for hydroxylation is 1. The summed E-state index contributed by atoms with van der Waals surface area (Å²) < 4.78 is 5.21. The largest absolute Gasteiger partial charge is 0.489 e. The lowest BCUT2D eigenvalue weighted by Gasteiger charge is -2.08. The lowest BCUT2D eigenvalue weighted by molar-refractivity contribution is 0.202. The van der Waals surface area contributed by atoms with Gasteiger partial charge in [0.05, 0.1) is 12.3 Å². The second-order valence-corrected chi connectivity index (χ2v) is 2.80. The van der Waals surface area contributed by atoms with Crippen LogP contribution in [0.25, 0.3) is 0 Å². The molecule has 0 fully saturated rings. The highest BCUT2D eigenvalue weighted by atomic mass is 16.5. The number of hydrogen-bond donors (Lipinski definition) is 2. The zero-order valence-electron chi connectivity index (χ0n) is 7.79. The molecule has 0 heterocycles. The predicted octanol–water partition coefficient (Wildman–Crippen LogP) is 1.20. The fourth-order valence-corrected chi connectivity index (χ4v) is 1.10. The Balaban J connectivity index is 2.73. The number of aliphatic hydroxyl groups excluding tert-OH is 1. The molecule has 3 nitrogen and oxygen atoms in total. The van der Waals surface area contributed by atoms with Crippen molar-refractivity contribution >= 4 is 5.69 Å². The summed E-state index contributed by atoms with van der Waals surface area (Å²) in [5.74, 6) is 0.645. The Morgan fingerprint density at radius 1 is 1.46 bits per heavy atom. The maximum absolute atomic E-state index is 8.55. The van der Waals surface area contributed by atoms with Crippen molar-refractivity contribution in [2.75, 3.05) is 18.9 Å². The lowest BCUT2D eigenvalue weighted by atomic mass is 10.1. The summed E-state index contributed by atoms with van der Waals surface area (Å²) >= 11 is 0. The van der Waals surface area contributed by atoms with Crippen LogP contribution in [0.5, 0.6) is 5.75 Å². The first-order valence-electron chi connectivity index (χ1n) is 4.40. The Morgan fingerprint density at radius 2 is 2.23 bits per heavy atom. The summed E-state index contributed by atoms with van der Waals surface area (Å²) in [6.07, 6.45) is 0.963. The lowest BCUT2D eigenvalue weighted by Crippen LogP contribution is -2.04. The van der Waals surface area contributed by atoms with Crippen molar-refractivity contribution in [2.24, 2.45) is 0 Å². The number of hydrogen-bond acceptors (Lipinski definition) is 3. The van der Waals surface area contributed by atoms with Gasteiger partial charge in [0.1, 0.15) is 12.4 Å². The highest BCUT2D eigenvalue weighted by molar-refractivity contribution is 5.54. The Kier molecular flexibility index (Phi) is 3.58. The van der Waals surface area contributed by atoms with Gasteiger partial charge in [0.2, 0.25) is 0 Å². The van der Waals surface area contributed by atoms with Gasteiger partial charge in [0.15, 0.2) is 0 Å². The van der Waals surface area contributed by atoms with E-state index in [0.717, 1.165) is 6.42 Å². The quantitative estimate of drug-likeness (QED) is 0.686. The third kappa shape index (κ3) is 2.63. The van der Waals surface area contributed by atoms with E-state index in [2.05, 4.69) is 6.92 Å². The van der Waals surface area contributed by atoms with Gasteiger partial charge >= 0.3 is 0 Å². The SMILES string of the molecule is CCc1ccc(OCCO)c(N)c1. The monoisotopic (exact) mass is 181 g/mol. The van der Waals surface area contributed by atoms with Gasteiger partial charge in [-0.05, 0) is 24.1 Å². The van der Waals surface area contributed by atoms with Crippen LogP contribution < -0.4 is 10.5 Å². The maximum Gasteiger partial charge on any atom is 0.142 e. The van der Waals surface area contributed by atoms with E-state index < -0.39 is 0 Å². The van der Waals surface area contributed by atoms with Crippen molar-refractivity contribution in [2.45, 2.75) is 13.3 Å². The number of ether oxygens (including phenoxy) is 1. The molecule has 0 saturated carbocycles. The van der Waals surface area contributed by atoms with E-state index in [1.54, 1.807) is 0 Å². The van der Waals surface area contributed by atoms with Gasteiger partial charge in [-0.1, -0.05) is 13.0 Å². The van der Waals surface area contributed by atoms with Crippen molar-refractivity contribution in [3.05, 3.63) is 23.8 Å². The molecule has 1 rings (SSSR count). The molecule has 1 aromatic carbocycles. The first kappa shape index (κ1) is 9.86. The average Bonchev–Trinajstić information content (AvgIpc) is 2.16. The van der Waals surface area contributed by atoms with Gasteiger partial charge < -0.3 is 15.6 Å². The van der Waals surface area contributed by atoms with Gasteiger partial charge in [-0.25, -0.2) is 0 Å². The third-order valence-corrected chi connectivity index (χ3v) is 1.83. The molecule has 3 N–H and O–H groups in total. The van der Waals surface area contributed by atoms with Crippen LogP contribution >= 0.6 is 0 Å². The molecule has 0 radical (unpaired) electrons. The Labute approximate surface area is 78.1 Å². The molecular weight excluding hydrogens is 166 g/mol. The Bertz CT molecular complexity index is 274. The average molecular weight is 181 g/mol. The van der Waals surface area contributed by atoms with Gasteiger partial charge in [-0.15, -0.1) is 0 Å². The summed E-state index contributed by atoms with van der Waals surface area (Å²) in [7, 11) is 0. The minimum absolute atomic E-state index is 0.00890. The van der Waals surface area contributed by atoms with Crippen molar-refractivity contribution in [1.82, 2.24) is 0 Å². The van der Waals surface area contributed by atoms with Crippen LogP contribution in [0.15, 0.2) is 18.2 Å². The second kappa shape index (κ2) is 4.72. The number of benzene rings is 1. The fourth-order valence-electron chi connectivity index (χ4n) is 1.10. The maximum atomic E-state index is 8.55. The summed E-state index contributed by atoms with van der Waals surface area (Å²) in [6.45, 7) is 2.37. The van der Waals surface area contributed by atoms with E-state index in [1.807, 2.05) is 18.2 Å². The Hall–Kier alpha value is -1.22. The van der Waals surface area contributed by atoms with Crippen LogP contribution in [-0.2, 0) is 6.42 Å². The minimum atomic E-state index is 0.00890. The number of nitrogen functional groups attached to an aromatic ring is 1. The molecule has 0 aliphatic rings. The summed E-state index contributed by atoms with van der Waals surface area (Å²) in [5.41, 5.74) is 7.55. The first-order chi connectivity index (χ1) is 6.27. The number of anilines is 1. The molecule has 13 heavy (non-hydrogen) atoms. The topological polar surface area (TPSA) is 55.5 Å². The number of rotatable bonds is 4. The van der Waals surface area contributed by atoms with Crippen LogP contribution in [0.2, 0.25) is 0 Å². The number of nitrogens with two attached hydrogens (primary N) is 1. The fraction of sp³-hybridized carbons (Fsp3) is 0.400. The van der Waals surface area contributed by atoms with E-state index >= 15 is 0 Å². The van der Waals surface area contributed by atoms with Crippen LogP contribution in [0.1, 0.15) is 12.5 Å². The zero-order chi connectivity index (χ0) is 9.68. The van der Waals surface area contributed by atoms with Crippen LogP contribution in [-0.4, -0.2) is 18.3 Å². The highest BCUT2D eigenvalue weighted by Crippen LogP contribution is 2.22. The molecule has 0 saturated heterocycles. The van der Waals surface area contributed by atoms with Gasteiger partial charge in [0, 0.05) is 0 Å². The van der Waals surface area contributed by atoms with Crippen LogP contribution in [0, 0.1) is 0 Å². The van der Waals surface area contributed by atoms with Crippen LogP contribution in [0.4, 0.5) is 5.69 Å². The summed E-state index contributed by atoms with van der Waals surface area (Å²) in [5, 5.41) is 8.55. The molecule has 3 heteroatoms. The Morgan fingerprint density at radius 3 is 2.77 bits per heavy atom. The molecule has 0 unspecified atom stereocenters. The van der Waals surface area contributed by atoms with Crippen molar-refractivity contribution < 1.29 is 9.84 Å². The van der Waals surface area contributed by atoms with Gasteiger partial charge in [0.25, 0.3) is 0 Å². The summed E-state index contributed by atoms with van der Waals surface area (Å²) in [4.78, 5) is 0. The molecule has 0 amide bonds. The van der Waals surface area contributed by atoms with Crippen molar-refractivity contribution in [3.63, 3.8) is 0 Å². The van der Waals surface area contributed by atoms with Gasteiger partial charge in [-0.2, -0.15) is 0 Å². The zero-order valence-corrected chi connectivity index (χ0v) is 7.79. The molecule has 0 aliphatic heterocycles. The van der Waals surface area contributed by atoms with E-state index in [-0.39, 0.29) is 13.2 Å². The molecule has 1 aromatic rings. The molecule has 0 atom stereocenters. The number of aliphatic hydroxyl groups is 1. The smallest absolute Gasteiger partial charge is 0.142 e. The minimum Gasteiger partial charge on any atom is -0.489 e. The van der Waals surface area contributed by atoms with Crippen LogP contribution in [0.3, 0.4) is 0 Å². The second-order valence-electron chi connectivity index (χ2n) is 2.80. The van der Waals surface area contributed by atoms with Crippen molar-refractivity contribution in [1.29, 1.82) is 0 Å². The predicted molar refractivity (Wildman–Crippen MR) is 52.8 cm³/mol. The van der Waals surface area contributed by atoms with Crippen molar-refractivity contribution in [3.8, 4) is 5.75 Å². The molecule has 0 aromatic heterocycles. The first-order valence-corrected chi connectivity index (χ1v) is 4.40. The highest BCUT2D eigenvalue weighted by Gasteiger charge is 2.00. The van der Waals surface area contributed by atoms with Gasteiger partial charge in [-0.3, -0.25) is 0 Å². The third-order valence-electron chi connectivity index (χ3n) is 1.83.